The molecule has 1 saturated carbocycles. The number of hydrogen-bond donors (Lipinski definition) is 2. The fourth-order valence-electron chi connectivity index (χ4n) is 1.94. The summed E-state index contributed by atoms with van der Waals surface area (Å²) in [6.45, 7) is 1.92. The highest BCUT2D eigenvalue weighted by Gasteiger charge is 2.62. The van der Waals surface area contributed by atoms with Crippen LogP contribution < -0.4 is 10.6 Å². The zero-order chi connectivity index (χ0) is 7.19. The molecule has 1 heterocycles. The molecule has 0 aromatic heterocycles. The van der Waals surface area contributed by atoms with Gasteiger partial charge in [0.1, 0.15) is 0 Å². The van der Waals surface area contributed by atoms with Gasteiger partial charge in [-0.15, -0.1) is 0 Å². The van der Waals surface area contributed by atoms with Crippen LogP contribution in [0.15, 0.2) is 0 Å². The highest BCUT2D eigenvalue weighted by molar-refractivity contribution is 5.86. The van der Waals surface area contributed by atoms with Crippen LogP contribution in [0.1, 0.15) is 6.42 Å². The van der Waals surface area contributed by atoms with Crippen LogP contribution in [-0.4, -0.2) is 26.0 Å². The van der Waals surface area contributed by atoms with E-state index in [0.29, 0.717) is 5.92 Å². The highest BCUT2D eigenvalue weighted by Crippen LogP contribution is 2.54. The minimum Gasteiger partial charge on any atom is -0.359 e. The van der Waals surface area contributed by atoms with Crippen molar-refractivity contribution in [3.8, 4) is 0 Å². The van der Waals surface area contributed by atoms with E-state index >= 15 is 0 Å². The van der Waals surface area contributed by atoms with Gasteiger partial charge >= 0.3 is 0 Å². The second-order valence-corrected chi connectivity index (χ2v) is 3.27. The highest BCUT2D eigenvalue weighted by atomic mass is 16.2. The Morgan fingerprint density at radius 1 is 1.80 bits per heavy atom. The van der Waals surface area contributed by atoms with Gasteiger partial charge in [0.05, 0.1) is 5.41 Å². The predicted molar refractivity (Wildman–Crippen MR) is 37.5 cm³/mol. The fraction of sp³-hybridized carbons (Fsp3) is 0.857. The van der Waals surface area contributed by atoms with E-state index < -0.39 is 0 Å². The summed E-state index contributed by atoms with van der Waals surface area (Å²) in [5.41, 5.74) is 0.00868. The Kier molecular flexibility index (Phi) is 1.06. The van der Waals surface area contributed by atoms with Gasteiger partial charge in [-0.1, -0.05) is 0 Å². The molecule has 56 valence electrons. The number of carbonyl (C=O) groups excluding carboxylic acids is 1. The molecule has 2 rings (SSSR count). The first-order chi connectivity index (χ1) is 4.79. The Hall–Kier alpha value is -0.570. The minimum absolute atomic E-state index is 0.00868. The fourth-order valence-corrected chi connectivity index (χ4v) is 1.94. The van der Waals surface area contributed by atoms with Gasteiger partial charge < -0.3 is 10.6 Å². The van der Waals surface area contributed by atoms with Gasteiger partial charge in [-0.3, -0.25) is 4.79 Å². The Labute approximate surface area is 60.2 Å². The van der Waals surface area contributed by atoms with Crippen molar-refractivity contribution < 1.29 is 4.79 Å². The van der Waals surface area contributed by atoms with Crippen molar-refractivity contribution in [1.29, 1.82) is 0 Å². The number of hydrogen-bond acceptors (Lipinski definition) is 2. The van der Waals surface area contributed by atoms with Gasteiger partial charge in [-0.05, 0) is 18.9 Å². The number of fused-ring (bicyclic) bond motifs is 1. The summed E-state index contributed by atoms with van der Waals surface area (Å²) in [6, 6.07) is 0. The van der Waals surface area contributed by atoms with Crippen LogP contribution in [0, 0.1) is 11.3 Å². The molecule has 0 radical (unpaired) electrons. The summed E-state index contributed by atoms with van der Waals surface area (Å²) in [5, 5.41) is 5.93. The normalized spacial score (nSPS) is 42.7. The van der Waals surface area contributed by atoms with Gasteiger partial charge in [0.25, 0.3) is 0 Å². The van der Waals surface area contributed by atoms with Gasteiger partial charge in [0.2, 0.25) is 5.91 Å². The van der Waals surface area contributed by atoms with Gasteiger partial charge in [0, 0.05) is 13.6 Å². The molecule has 3 nitrogen and oxygen atoms in total. The molecule has 0 bridgehead atoms. The van der Waals surface area contributed by atoms with Crippen molar-refractivity contribution >= 4 is 5.91 Å². The van der Waals surface area contributed by atoms with E-state index in [1.54, 1.807) is 7.05 Å². The van der Waals surface area contributed by atoms with E-state index in [9.17, 15) is 4.79 Å². The molecular weight excluding hydrogens is 128 g/mol. The van der Waals surface area contributed by atoms with Crippen molar-refractivity contribution in [3.63, 3.8) is 0 Å². The molecule has 3 heteroatoms. The molecule has 1 aliphatic carbocycles. The number of piperidine rings is 1. The number of rotatable bonds is 1. The van der Waals surface area contributed by atoms with E-state index in [-0.39, 0.29) is 11.3 Å². The summed E-state index contributed by atoms with van der Waals surface area (Å²) in [6.07, 6.45) is 1.10. The third-order valence-electron chi connectivity index (χ3n) is 2.74. The quantitative estimate of drug-likeness (QED) is 0.508. The summed E-state index contributed by atoms with van der Waals surface area (Å²) in [4.78, 5) is 11.2. The second-order valence-electron chi connectivity index (χ2n) is 3.27. The maximum atomic E-state index is 11.2. The smallest absolute Gasteiger partial charge is 0.227 e. The van der Waals surface area contributed by atoms with Crippen molar-refractivity contribution in [2.75, 3.05) is 20.1 Å². The summed E-state index contributed by atoms with van der Waals surface area (Å²) < 4.78 is 0. The molecule has 2 N–H and O–H groups in total. The van der Waals surface area contributed by atoms with E-state index in [1.165, 1.54) is 0 Å². The van der Waals surface area contributed by atoms with Crippen LogP contribution in [-0.2, 0) is 4.79 Å². The molecule has 2 fully saturated rings. The molecule has 2 atom stereocenters. The van der Waals surface area contributed by atoms with Crippen LogP contribution in [0.4, 0.5) is 0 Å². The van der Waals surface area contributed by atoms with Crippen LogP contribution in [0.3, 0.4) is 0 Å². The Morgan fingerprint density at radius 2 is 2.60 bits per heavy atom. The molecule has 10 heavy (non-hydrogen) atoms. The molecule has 0 spiro atoms. The van der Waals surface area contributed by atoms with Crippen molar-refractivity contribution in [2.45, 2.75) is 6.42 Å². The molecule has 2 aliphatic rings. The topological polar surface area (TPSA) is 41.1 Å². The molecule has 1 aliphatic heterocycles. The minimum atomic E-state index is 0.00868. The Morgan fingerprint density at radius 3 is 3.00 bits per heavy atom. The van der Waals surface area contributed by atoms with E-state index in [0.717, 1.165) is 19.5 Å². The van der Waals surface area contributed by atoms with Crippen LogP contribution in [0.25, 0.3) is 0 Å². The number of carbonyl (C=O) groups is 1. The lowest BCUT2D eigenvalue weighted by Gasteiger charge is -2.07. The lowest BCUT2D eigenvalue weighted by molar-refractivity contribution is -0.125. The second kappa shape index (κ2) is 1.72. The lowest BCUT2D eigenvalue weighted by Crippen LogP contribution is -2.33. The van der Waals surface area contributed by atoms with Gasteiger partial charge in [-0.25, -0.2) is 0 Å². The average molecular weight is 140 g/mol. The van der Waals surface area contributed by atoms with Gasteiger partial charge in [-0.2, -0.15) is 0 Å². The first-order valence-electron chi connectivity index (χ1n) is 3.72. The molecule has 1 amide bonds. The largest absolute Gasteiger partial charge is 0.359 e. The summed E-state index contributed by atoms with van der Waals surface area (Å²) in [5.74, 6) is 0.856. The van der Waals surface area contributed by atoms with Crippen molar-refractivity contribution in [2.24, 2.45) is 11.3 Å². The maximum Gasteiger partial charge on any atom is 0.227 e. The molecular formula is C7H12N2O. The first-order valence-corrected chi connectivity index (χ1v) is 3.72. The standard InChI is InChI=1S/C7H12N2O/c1-8-6(10)7-2-5(7)3-9-4-7/h5,9H,2-4H2,1H3,(H,8,10)/t5-,7-/m1/s1. The number of amides is 1. The van der Waals surface area contributed by atoms with E-state index in [2.05, 4.69) is 10.6 Å². The lowest BCUT2D eigenvalue weighted by atomic mass is 10.1. The van der Waals surface area contributed by atoms with Crippen LogP contribution in [0.5, 0.6) is 0 Å². The molecule has 0 aromatic rings. The van der Waals surface area contributed by atoms with E-state index in [1.807, 2.05) is 0 Å². The summed E-state index contributed by atoms with van der Waals surface area (Å²) in [7, 11) is 1.71. The first kappa shape index (κ1) is 6.16. The Bertz CT molecular complexity index is 180. The van der Waals surface area contributed by atoms with Crippen molar-refractivity contribution in [1.82, 2.24) is 10.6 Å². The maximum absolute atomic E-state index is 11.2. The third-order valence-corrected chi connectivity index (χ3v) is 2.74. The predicted octanol–water partition coefficient (Wildman–Crippen LogP) is -0.658. The molecule has 0 unspecified atom stereocenters. The van der Waals surface area contributed by atoms with Crippen molar-refractivity contribution in [3.05, 3.63) is 0 Å². The van der Waals surface area contributed by atoms with E-state index in [4.69, 9.17) is 0 Å². The third kappa shape index (κ3) is 0.560. The van der Waals surface area contributed by atoms with Crippen LogP contribution in [0.2, 0.25) is 0 Å². The molecule has 0 aromatic carbocycles. The number of nitrogens with one attached hydrogen (secondary N) is 2. The monoisotopic (exact) mass is 140 g/mol. The van der Waals surface area contributed by atoms with Gasteiger partial charge in [0.15, 0.2) is 0 Å². The SMILES string of the molecule is CNC(=O)[C@]12CNC[C@H]1C2. The zero-order valence-corrected chi connectivity index (χ0v) is 6.11. The summed E-state index contributed by atoms with van der Waals surface area (Å²) >= 11 is 0. The average Bonchev–Trinajstić information content (AvgIpc) is 2.54. The van der Waals surface area contributed by atoms with Crippen LogP contribution >= 0.6 is 0 Å². The molecule has 1 saturated heterocycles. The zero-order valence-electron chi connectivity index (χ0n) is 6.11. The Balaban J connectivity index is 2.11.